The molecule has 6 nitrogen and oxygen atoms in total. The van der Waals surface area contributed by atoms with Crippen LogP contribution in [0.4, 0.5) is 5.69 Å². The van der Waals surface area contributed by atoms with E-state index < -0.39 is 8.25 Å². The van der Waals surface area contributed by atoms with Crippen molar-refractivity contribution >= 4 is 19.8 Å². The Hall–Kier alpha value is -1.26. The third kappa shape index (κ3) is 15.2. The summed E-state index contributed by atoms with van der Waals surface area (Å²) < 4.78 is 19.6. The van der Waals surface area contributed by atoms with Crippen molar-refractivity contribution in [2.24, 2.45) is 0 Å². The molecule has 0 atom stereocenters. The summed E-state index contributed by atoms with van der Waals surface area (Å²) in [6, 6.07) is 20.2. The quantitative estimate of drug-likeness (QED) is 0.174. The number of nitrogens with one attached hydrogen (secondary N) is 1. The van der Waals surface area contributed by atoms with Gasteiger partial charge in [-0.05, 0) is 13.8 Å². The predicted molar refractivity (Wildman–Crippen MR) is 128 cm³/mol. The summed E-state index contributed by atoms with van der Waals surface area (Å²) in [5.41, 5.74) is 8.32. The molecule has 31 heavy (non-hydrogen) atoms. The predicted octanol–water partition coefficient (Wildman–Crippen LogP) is 6.74. The zero-order chi connectivity index (χ0) is 22.9. The van der Waals surface area contributed by atoms with Crippen molar-refractivity contribution in [2.45, 2.75) is 53.6 Å². The van der Waals surface area contributed by atoms with E-state index in [9.17, 15) is 9.97 Å². The van der Waals surface area contributed by atoms with Crippen LogP contribution in [0.2, 0.25) is 0 Å². The van der Waals surface area contributed by atoms with Crippen LogP contribution in [0.25, 0.3) is 11.1 Å². The summed E-state index contributed by atoms with van der Waals surface area (Å²) in [6.07, 6.45) is 0. The molecule has 1 N–H and O–H groups in total. The van der Waals surface area contributed by atoms with Crippen molar-refractivity contribution in [3.63, 3.8) is 0 Å². The fourth-order valence-electron chi connectivity index (χ4n) is 2.47. The molecule has 0 unspecified atom stereocenters. The molecular formula is C23H35N3O3PZr. The van der Waals surface area contributed by atoms with Crippen molar-refractivity contribution in [3.05, 3.63) is 77.4 Å². The Morgan fingerprint density at radius 2 is 1.48 bits per heavy atom. The summed E-state index contributed by atoms with van der Waals surface area (Å²) in [5, 5.41) is 10.1. The summed E-state index contributed by atoms with van der Waals surface area (Å²) in [7, 11) is -2.14. The van der Waals surface area contributed by atoms with Gasteiger partial charge in [0.25, 0.3) is 0 Å². The molecule has 0 aliphatic heterocycles. The third-order valence-corrected chi connectivity index (χ3v) is 4.65. The second-order valence-corrected chi connectivity index (χ2v) is 7.75. The number of rotatable bonds is 7. The fourth-order valence-corrected chi connectivity index (χ4v) is 3.03. The molecule has 1 radical (unpaired) electrons. The molecule has 0 spiro atoms. The van der Waals surface area contributed by atoms with Gasteiger partial charge in [0.2, 0.25) is 0 Å². The zero-order valence-electron chi connectivity index (χ0n) is 19.4. The molecule has 169 valence electrons. The van der Waals surface area contributed by atoms with Gasteiger partial charge in [-0.15, -0.1) is 36.0 Å². The van der Waals surface area contributed by atoms with Crippen LogP contribution >= 0.6 is 8.25 Å². The van der Waals surface area contributed by atoms with Gasteiger partial charge in [-0.3, -0.25) is 4.57 Å². The summed E-state index contributed by atoms with van der Waals surface area (Å²) in [4.78, 5) is 1.98. The molecule has 2 aromatic rings. The van der Waals surface area contributed by atoms with Crippen molar-refractivity contribution in [3.8, 4) is 0 Å². The summed E-state index contributed by atoms with van der Waals surface area (Å²) >= 11 is 0. The van der Waals surface area contributed by atoms with Gasteiger partial charge in [-0.25, -0.2) is 0 Å². The summed E-state index contributed by atoms with van der Waals surface area (Å²) in [6.45, 7) is 12.7. The maximum Gasteiger partial charge on any atom is 3.00 e. The van der Waals surface area contributed by atoms with Gasteiger partial charge >= 0.3 is 34.5 Å². The molecule has 2 aromatic carbocycles. The number of hydrogen-bond acceptors (Lipinski definition) is 3. The van der Waals surface area contributed by atoms with Crippen LogP contribution in [0.3, 0.4) is 0 Å². The molecule has 0 bridgehead atoms. The molecule has 0 aliphatic rings. The van der Waals surface area contributed by atoms with E-state index in [1.54, 1.807) is 26.0 Å². The minimum absolute atomic E-state index is 0. The normalized spacial score (nSPS) is 9.84. The Labute approximate surface area is 208 Å². The molecule has 0 saturated heterocycles. The van der Waals surface area contributed by atoms with Crippen molar-refractivity contribution in [2.75, 3.05) is 13.2 Å². The fraction of sp³-hybridized carbons (Fsp3) is 0.435. The number of benzene rings is 2. The topological polar surface area (TPSA) is 84.9 Å². The Morgan fingerprint density at radius 3 is 1.81 bits per heavy atom. The van der Waals surface area contributed by atoms with E-state index >= 15 is 0 Å². The molecular weight excluding hydrogens is 488 g/mol. The molecule has 0 aliphatic carbocycles. The number of nitrogens with zero attached hydrogens (tertiary/aromatic N) is 2. The maximum atomic E-state index is 10.4. The average molecular weight is 524 g/mol. The van der Waals surface area contributed by atoms with Crippen LogP contribution in [0.15, 0.2) is 54.6 Å². The van der Waals surface area contributed by atoms with Gasteiger partial charge in [-0.1, -0.05) is 70.1 Å². The SMILES string of the molecule is CC(C)N(C(=[N-])c1[c-]cccc1)C(C)C.CCO[PH](=O)OCC.[NH-]c1ccccc1.[Zr+3]. The number of amidine groups is 1. The first-order valence-electron chi connectivity index (χ1n) is 10.1. The van der Waals surface area contributed by atoms with Gasteiger partial charge < -0.3 is 25.1 Å². The van der Waals surface area contributed by atoms with Crippen LogP contribution in [-0.4, -0.2) is 36.0 Å². The van der Waals surface area contributed by atoms with Gasteiger partial charge in [0.05, 0.1) is 13.2 Å². The molecule has 0 saturated carbocycles. The molecule has 0 heterocycles. The second kappa shape index (κ2) is 19.4. The first-order chi connectivity index (χ1) is 14.2. The Balaban J connectivity index is 0. The Morgan fingerprint density at radius 1 is 1.00 bits per heavy atom. The molecule has 2 rings (SSSR count). The minimum atomic E-state index is -2.14. The van der Waals surface area contributed by atoms with Crippen LogP contribution in [0.5, 0.6) is 0 Å². The minimum Gasteiger partial charge on any atom is -0.699 e. The molecule has 0 amide bonds. The van der Waals surface area contributed by atoms with E-state index in [1.807, 2.05) is 47.4 Å². The maximum absolute atomic E-state index is 10.4. The number of hydrogen-bond donors (Lipinski definition) is 0. The van der Waals surface area contributed by atoms with E-state index in [0.29, 0.717) is 24.7 Å². The average Bonchev–Trinajstić information content (AvgIpc) is 2.70. The van der Waals surface area contributed by atoms with Gasteiger partial charge in [0.15, 0.2) is 0 Å². The van der Waals surface area contributed by atoms with Crippen LogP contribution in [0, 0.1) is 6.07 Å². The van der Waals surface area contributed by atoms with Crippen LogP contribution in [0.1, 0.15) is 47.1 Å². The second-order valence-electron chi connectivity index (χ2n) is 6.68. The monoisotopic (exact) mass is 522 g/mol. The molecule has 0 aromatic heterocycles. The van der Waals surface area contributed by atoms with E-state index in [1.165, 1.54) is 0 Å². The molecule has 0 fully saturated rings. The van der Waals surface area contributed by atoms with Crippen molar-refractivity contribution in [1.29, 1.82) is 0 Å². The van der Waals surface area contributed by atoms with Gasteiger partial charge in [0, 0.05) is 0 Å². The first-order valence-corrected chi connectivity index (χ1v) is 11.3. The third-order valence-electron chi connectivity index (χ3n) is 3.61. The zero-order valence-corrected chi connectivity index (χ0v) is 22.8. The van der Waals surface area contributed by atoms with Crippen molar-refractivity contribution < 1.29 is 39.8 Å². The standard InChI is InChI=1S/C13H18N2.C6H6N.C4H11O3P.Zr/c1-10(2)15(11(3)4)13(14)12-8-6-5-7-9-12;7-6-4-2-1-3-5-6;1-3-6-8(5)7-4-2;/h5-8,10-11H,1-4H3;1-5,7H;8H,3-4H2,1-2H3;/q-2;-1;;+3. The van der Waals surface area contributed by atoms with Gasteiger partial charge in [0.1, 0.15) is 0 Å². The van der Waals surface area contributed by atoms with E-state index in [0.717, 1.165) is 5.56 Å². The first kappa shape index (κ1) is 31.9. The van der Waals surface area contributed by atoms with Crippen molar-refractivity contribution in [1.82, 2.24) is 4.90 Å². The molecule has 8 heteroatoms. The van der Waals surface area contributed by atoms with Crippen LogP contribution in [-0.2, 0) is 39.8 Å². The Bertz CT molecular complexity index is 701. The van der Waals surface area contributed by atoms with E-state index in [2.05, 4.69) is 42.8 Å². The van der Waals surface area contributed by atoms with E-state index in [-0.39, 0.29) is 38.3 Å². The largest absolute Gasteiger partial charge is 3.00 e. The summed E-state index contributed by atoms with van der Waals surface area (Å²) in [5.74, 6) is 0.306. The smallest absolute Gasteiger partial charge is 0.699 e. The van der Waals surface area contributed by atoms with Gasteiger partial charge in [-0.2, -0.15) is 11.4 Å². The van der Waals surface area contributed by atoms with E-state index in [4.69, 9.17) is 5.73 Å². The van der Waals surface area contributed by atoms with Crippen LogP contribution < -0.4 is 0 Å². The Kier molecular flexibility index (Phi) is 20.0.